The minimum absolute atomic E-state index is 0.442. The van der Waals surface area contributed by atoms with Gasteiger partial charge in [-0.1, -0.05) is 105 Å². The topological polar surface area (TPSA) is 61.7 Å². The lowest BCUT2D eigenvalue weighted by molar-refractivity contribution is 0.477. The molecule has 0 radical (unpaired) electrons. The van der Waals surface area contributed by atoms with Crippen molar-refractivity contribution in [3.8, 4) is 23.0 Å². The number of nitrogens with zero attached hydrogens (tertiary/aromatic N) is 4. The molecule has 7 aromatic carbocycles. The van der Waals surface area contributed by atoms with Gasteiger partial charge in [-0.15, -0.1) is 0 Å². The monoisotopic (exact) mass is 703 g/mol. The van der Waals surface area contributed by atoms with Crippen LogP contribution in [0, 0.1) is 0 Å². The third-order valence-corrected chi connectivity index (χ3v) is 9.50. The van der Waals surface area contributed by atoms with Crippen LogP contribution in [0.25, 0.3) is 0 Å². The van der Waals surface area contributed by atoms with Crippen LogP contribution in [-0.4, -0.2) is 11.7 Å². The zero-order valence-electron chi connectivity index (χ0n) is 29.9. The largest absolute Gasteiger partial charge is 0.453 e. The Labute approximate surface area is 315 Å². The summed E-state index contributed by atoms with van der Waals surface area (Å²) in [5.74, 6) is 4.82. The van der Waals surface area contributed by atoms with E-state index in [1.54, 1.807) is 0 Å². The molecule has 1 unspecified atom stereocenters. The number of amidine groups is 2. The van der Waals surface area contributed by atoms with Crippen LogP contribution in [0.2, 0.25) is 0 Å². The molecule has 1 atom stereocenters. The van der Waals surface area contributed by atoms with Crippen LogP contribution < -0.4 is 24.6 Å². The van der Waals surface area contributed by atoms with E-state index in [9.17, 15) is 0 Å². The summed E-state index contributed by atoms with van der Waals surface area (Å²) in [5.41, 5.74) is 8.98. The number of benzene rings is 7. The van der Waals surface area contributed by atoms with Gasteiger partial charge in [0.2, 0.25) is 0 Å². The van der Waals surface area contributed by atoms with Gasteiger partial charge in [0, 0.05) is 22.5 Å². The Morgan fingerprint density at radius 3 is 1.19 bits per heavy atom. The van der Waals surface area contributed by atoms with Gasteiger partial charge in [0.05, 0.1) is 22.7 Å². The van der Waals surface area contributed by atoms with Crippen molar-refractivity contribution in [3.63, 3.8) is 0 Å². The summed E-state index contributed by atoms with van der Waals surface area (Å²) in [5, 5.41) is 3.55. The number of fused-ring (bicyclic) bond motifs is 4. The molecule has 54 heavy (non-hydrogen) atoms. The minimum Gasteiger partial charge on any atom is -0.453 e. The van der Waals surface area contributed by atoms with E-state index < -0.39 is 6.17 Å². The quantitative estimate of drug-likeness (QED) is 0.193. The lowest BCUT2D eigenvalue weighted by Crippen LogP contribution is -2.36. The van der Waals surface area contributed by atoms with Crippen molar-refractivity contribution in [2.45, 2.75) is 20.0 Å². The van der Waals surface area contributed by atoms with Gasteiger partial charge in [0.1, 0.15) is 11.7 Å². The second-order valence-corrected chi connectivity index (χ2v) is 12.7. The van der Waals surface area contributed by atoms with Crippen LogP contribution in [0.4, 0.5) is 34.1 Å². The summed E-state index contributed by atoms with van der Waals surface area (Å²) in [6.07, 6.45) is -0.442. The summed E-state index contributed by atoms with van der Waals surface area (Å²) >= 11 is 0. The predicted molar refractivity (Wildman–Crippen MR) is 219 cm³/mol. The van der Waals surface area contributed by atoms with E-state index in [4.69, 9.17) is 19.5 Å². The lowest BCUT2D eigenvalue weighted by atomic mass is 10.1. The van der Waals surface area contributed by atoms with E-state index in [1.807, 2.05) is 105 Å². The molecule has 0 aliphatic carbocycles. The molecule has 0 amide bonds. The van der Waals surface area contributed by atoms with Crippen molar-refractivity contribution in [1.82, 2.24) is 5.32 Å². The SMILES string of the molecule is CC.c1ccc(C2=NC(c3ccc(N4c5ccccc5Oc5ccccc54)cc3)N=C(c3ccc(N4c5ccccc5Oc5ccccc54)cc3)N2)cc1. The molecule has 0 spiro atoms. The maximum atomic E-state index is 6.24. The normalized spacial score (nSPS) is 14.9. The third kappa shape index (κ3) is 5.91. The highest BCUT2D eigenvalue weighted by Gasteiger charge is 2.28. The average molecular weight is 704 g/mol. The van der Waals surface area contributed by atoms with E-state index in [-0.39, 0.29) is 0 Å². The molecule has 0 bridgehead atoms. The molecule has 3 aliphatic heterocycles. The number of nitrogens with one attached hydrogen (secondary N) is 1. The fourth-order valence-corrected chi connectivity index (χ4v) is 7.02. The third-order valence-electron chi connectivity index (χ3n) is 9.50. The Morgan fingerprint density at radius 1 is 0.407 bits per heavy atom. The van der Waals surface area contributed by atoms with Crippen molar-refractivity contribution < 1.29 is 9.47 Å². The predicted octanol–water partition coefficient (Wildman–Crippen LogP) is 12.4. The van der Waals surface area contributed by atoms with Gasteiger partial charge in [-0.2, -0.15) is 0 Å². The van der Waals surface area contributed by atoms with Crippen LogP contribution in [0.3, 0.4) is 0 Å². The molecule has 1 N–H and O–H groups in total. The highest BCUT2D eigenvalue weighted by molar-refractivity contribution is 6.16. The standard InChI is InChI=1S/C45H31N5O2.C2H6/c1-2-12-30(13-3-1)43-46-44(31-22-26-33(27-23-31)49-35-14-4-8-18-39(35)51-40-19-9-5-15-36(40)49)48-45(47-43)32-24-28-34(29-25-32)50-37-16-6-10-20-41(37)52-42-21-11-7-17-38(42)50;1-2/h1-29,44H,(H,46,47,48);1-2H3. The number of hydrogen-bond donors (Lipinski definition) is 1. The summed E-state index contributed by atoms with van der Waals surface area (Å²) in [7, 11) is 0. The number of para-hydroxylation sites is 8. The Hall–Kier alpha value is -7.12. The van der Waals surface area contributed by atoms with Crippen LogP contribution in [0.5, 0.6) is 23.0 Å². The van der Waals surface area contributed by atoms with Gasteiger partial charge in [-0.3, -0.25) is 0 Å². The fraction of sp³-hybridized carbons (Fsp3) is 0.0638. The van der Waals surface area contributed by atoms with Crippen LogP contribution >= 0.6 is 0 Å². The smallest absolute Gasteiger partial charge is 0.169 e. The van der Waals surface area contributed by atoms with Gasteiger partial charge >= 0.3 is 0 Å². The number of anilines is 6. The first-order valence-corrected chi connectivity index (χ1v) is 18.3. The van der Waals surface area contributed by atoms with E-state index in [1.165, 1.54) is 0 Å². The highest BCUT2D eigenvalue weighted by atomic mass is 16.5. The van der Waals surface area contributed by atoms with Gasteiger partial charge in [0.15, 0.2) is 29.2 Å². The maximum absolute atomic E-state index is 6.24. The van der Waals surface area contributed by atoms with Gasteiger partial charge < -0.3 is 24.6 Å². The first-order chi connectivity index (χ1) is 26.8. The first kappa shape index (κ1) is 32.8. The Morgan fingerprint density at radius 2 is 0.759 bits per heavy atom. The number of rotatable bonds is 5. The molecule has 0 saturated heterocycles. The molecular formula is C47H37N5O2. The Bertz CT molecular complexity index is 2420. The molecule has 3 heterocycles. The first-order valence-electron chi connectivity index (χ1n) is 18.3. The van der Waals surface area contributed by atoms with Crippen LogP contribution in [-0.2, 0) is 0 Å². The molecule has 7 aromatic rings. The zero-order chi connectivity index (χ0) is 36.4. The van der Waals surface area contributed by atoms with Gasteiger partial charge in [0.25, 0.3) is 0 Å². The molecule has 0 aromatic heterocycles. The Balaban J connectivity index is 0.00000189. The van der Waals surface area contributed by atoms with E-state index in [2.05, 4.69) is 100 Å². The molecule has 262 valence electrons. The molecule has 7 heteroatoms. The zero-order valence-corrected chi connectivity index (χ0v) is 29.9. The summed E-state index contributed by atoms with van der Waals surface area (Å²) in [4.78, 5) is 14.8. The molecule has 3 aliphatic rings. The molecule has 0 fully saturated rings. The van der Waals surface area contributed by atoms with E-state index >= 15 is 0 Å². The molecule has 10 rings (SSSR count). The molecule has 7 nitrogen and oxygen atoms in total. The van der Waals surface area contributed by atoms with Crippen molar-refractivity contribution in [1.29, 1.82) is 0 Å². The fourth-order valence-electron chi connectivity index (χ4n) is 7.02. The van der Waals surface area contributed by atoms with E-state index in [0.29, 0.717) is 0 Å². The average Bonchev–Trinajstić information content (AvgIpc) is 3.25. The van der Waals surface area contributed by atoms with Crippen LogP contribution in [0.1, 0.15) is 36.7 Å². The van der Waals surface area contributed by atoms with Crippen molar-refractivity contribution in [2.24, 2.45) is 9.98 Å². The second kappa shape index (κ2) is 14.1. The van der Waals surface area contributed by atoms with Crippen molar-refractivity contribution in [3.05, 3.63) is 193 Å². The Kier molecular flexibility index (Phi) is 8.57. The number of ether oxygens (including phenoxy) is 2. The maximum Gasteiger partial charge on any atom is 0.169 e. The van der Waals surface area contributed by atoms with E-state index in [0.717, 1.165) is 85.5 Å². The number of hydrogen-bond acceptors (Lipinski definition) is 7. The summed E-state index contributed by atoms with van der Waals surface area (Å²) in [6.45, 7) is 4.00. The van der Waals surface area contributed by atoms with Gasteiger partial charge in [-0.05, 0) is 90.5 Å². The minimum atomic E-state index is -0.442. The summed E-state index contributed by atoms with van der Waals surface area (Å²) < 4.78 is 12.5. The molecule has 0 saturated carbocycles. The number of aliphatic imine (C=N–C) groups is 2. The van der Waals surface area contributed by atoms with Crippen LogP contribution in [0.15, 0.2) is 186 Å². The lowest BCUT2D eigenvalue weighted by Gasteiger charge is -2.33. The molecular weight excluding hydrogens is 667 g/mol. The second-order valence-electron chi connectivity index (χ2n) is 12.7. The van der Waals surface area contributed by atoms with Crippen molar-refractivity contribution >= 4 is 45.8 Å². The highest BCUT2D eigenvalue weighted by Crippen LogP contribution is 2.51. The van der Waals surface area contributed by atoms with Crippen molar-refractivity contribution in [2.75, 3.05) is 9.80 Å². The van der Waals surface area contributed by atoms with Gasteiger partial charge in [-0.25, -0.2) is 9.98 Å². The summed E-state index contributed by atoms with van der Waals surface area (Å²) in [6, 6.07) is 59.7.